The molecule has 0 spiro atoms. The molecule has 1 aliphatic heterocycles. The van der Waals surface area contributed by atoms with Crippen molar-refractivity contribution in [2.75, 3.05) is 39.3 Å². The molecule has 4 unspecified atom stereocenters. The molecule has 200 valence electrons. The van der Waals surface area contributed by atoms with E-state index in [1.54, 1.807) is 39.8 Å². The van der Waals surface area contributed by atoms with Gasteiger partial charge in [-0.25, -0.2) is 4.89 Å². The number of aromatic nitrogens is 1. The highest BCUT2D eigenvalue weighted by Crippen LogP contribution is 2.49. The molecule has 1 aromatic heterocycles. The summed E-state index contributed by atoms with van der Waals surface area (Å²) in [6.45, 7) is 2.96. The van der Waals surface area contributed by atoms with Gasteiger partial charge in [-0.3, -0.25) is 39.3 Å². The minimum Gasteiger partial charge on any atom is -0.480 e. The van der Waals surface area contributed by atoms with Crippen molar-refractivity contribution in [2.24, 2.45) is 11.7 Å². The Bertz CT molecular complexity index is 949. The maximum Gasteiger partial charge on any atom is 0.324 e. The minimum absolute atomic E-state index is 0.127. The molecule has 1 aromatic rings. The number of pyridine rings is 1. The second kappa shape index (κ2) is 12.0. The Kier molecular flexibility index (Phi) is 9.33. The molecule has 1 saturated carbocycles. The second-order valence-corrected chi connectivity index (χ2v) is 9.42. The van der Waals surface area contributed by atoms with Crippen LogP contribution in [0.3, 0.4) is 0 Å². The minimum atomic E-state index is -1.26. The second-order valence-electron chi connectivity index (χ2n) is 9.42. The zero-order valence-electron chi connectivity index (χ0n) is 20.3. The molecule has 2 bridgehead atoms. The number of hydrogen-bond acceptors (Lipinski definition) is 10. The van der Waals surface area contributed by atoms with E-state index < -0.39 is 41.4 Å². The largest absolute Gasteiger partial charge is 0.480 e. The first-order valence-electron chi connectivity index (χ1n) is 12.0. The van der Waals surface area contributed by atoms with Crippen molar-refractivity contribution in [3.05, 3.63) is 29.6 Å². The number of rotatable bonds is 10. The van der Waals surface area contributed by atoms with Crippen molar-refractivity contribution in [3.8, 4) is 0 Å². The van der Waals surface area contributed by atoms with E-state index in [1.807, 2.05) is 0 Å². The molecule has 0 aromatic carbocycles. The highest BCUT2D eigenvalue weighted by atomic mass is 17.1. The predicted molar refractivity (Wildman–Crippen MR) is 126 cm³/mol. The molecular formula is C23H35N5O8. The van der Waals surface area contributed by atoms with Crippen molar-refractivity contribution >= 4 is 17.9 Å². The van der Waals surface area contributed by atoms with Gasteiger partial charge in [0.05, 0.1) is 18.0 Å². The van der Waals surface area contributed by atoms with Gasteiger partial charge in [0, 0.05) is 45.2 Å². The zero-order valence-corrected chi connectivity index (χ0v) is 20.3. The number of hydrogen-bond donors (Lipinski definition) is 5. The lowest BCUT2D eigenvalue weighted by molar-refractivity contribution is -0.247. The normalized spacial score (nSPS) is 25.8. The Morgan fingerprint density at radius 1 is 1.08 bits per heavy atom. The van der Waals surface area contributed by atoms with Crippen LogP contribution in [0.5, 0.6) is 0 Å². The number of nitrogens with zero attached hydrogens (tertiary/aromatic N) is 4. The van der Waals surface area contributed by atoms with Crippen LogP contribution in [0.25, 0.3) is 0 Å². The Balaban J connectivity index is 1.99. The molecule has 13 nitrogen and oxygen atoms in total. The van der Waals surface area contributed by atoms with E-state index in [9.17, 15) is 29.7 Å². The first-order valence-corrected chi connectivity index (χ1v) is 12.0. The van der Waals surface area contributed by atoms with E-state index in [2.05, 4.69) is 9.87 Å². The molecule has 0 radical (unpaired) electrons. The standard InChI is InChI=1S/C23H35N5O8/c1-15(20(29)30)26-7-8-27(19(5-6-24)21(31)32)12-17-3-2-4-18(25-17)13-28(10-9-26)23(22(33)34)11-16(23)14-36-35/h2-4,15-16,19,35H,5-14,24H2,1H3,(H,29,30)(H,31,32)(H,33,34). The Morgan fingerprint density at radius 3 is 2.31 bits per heavy atom. The molecule has 4 atom stereocenters. The zero-order chi connectivity index (χ0) is 26.5. The van der Waals surface area contributed by atoms with Gasteiger partial charge < -0.3 is 21.1 Å². The first-order chi connectivity index (χ1) is 17.1. The van der Waals surface area contributed by atoms with Crippen molar-refractivity contribution in [1.82, 2.24) is 19.7 Å². The molecule has 1 fully saturated rings. The van der Waals surface area contributed by atoms with E-state index in [1.165, 1.54) is 0 Å². The molecule has 1 aliphatic carbocycles. The third-order valence-corrected chi connectivity index (χ3v) is 7.27. The lowest BCUT2D eigenvalue weighted by atomic mass is 10.1. The van der Waals surface area contributed by atoms with Gasteiger partial charge in [0.2, 0.25) is 0 Å². The smallest absolute Gasteiger partial charge is 0.324 e. The van der Waals surface area contributed by atoms with Crippen LogP contribution in [-0.4, -0.2) is 115 Å². The van der Waals surface area contributed by atoms with Crippen molar-refractivity contribution in [1.29, 1.82) is 0 Å². The summed E-state index contributed by atoms with van der Waals surface area (Å²) in [6, 6.07) is 3.61. The van der Waals surface area contributed by atoms with Crippen LogP contribution in [0.1, 0.15) is 31.2 Å². The van der Waals surface area contributed by atoms with Crippen LogP contribution in [0.15, 0.2) is 18.2 Å². The van der Waals surface area contributed by atoms with E-state index in [4.69, 9.17) is 11.0 Å². The maximum absolute atomic E-state index is 12.4. The summed E-state index contributed by atoms with van der Waals surface area (Å²) in [4.78, 5) is 50.3. The van der Waals surface area contributed by atoms with Crippen LogP contribution < -0.4 is 5.73 Å². The van der Waals surface area contributed by atoms with Gasteiger partial charge in [0.25, 0.3) is 0 Å². The molecule has 2 aliphatic rings. The highest BCUT2D eigenvalue weighted by Gasteiger charge is 2.64. The number of nitrogens with two attached hydrogens (primary N) is 1. The lowest BCUT2D eigenvalue weighted by Crippen LogP contribution is -2.52. The fourth-order valence-corrected chi connectivity index (χ4v) is 5.04. The topological polar surface area (TPSA) is 190 Å². The van der Waals surface area contributed by atoms with Gasteiger partial charge in [0.15, 0.2) is 0 Å². The van der Waals surface area contributed by atoms with E-state index in [0.29, 0.717) is 11.4 Å². The first kappa shape index (κ1) is 27.9. The fourth-order valence-electron chi connectivity index (χ4n) is 5.04. The predicted octanol–water partition coefficient (Wildman–Crippen LogP) is -0.391. The molecular weight excluding hydrogens is 474 g/mol. The Morgan fingerprint density at radius 2 is 1.72 bits per heavy atom. The molecule has 36 heavy (non-hydrogen) atoms. The van der Waals surface area contributed by atoms with Gasteiger partial charge in [-0.15, -0.1) is 0 Å². The molecule has 0 saturated heterocycles. The molecule has 3 rings (SSSR count). The van der Waals surface area contributed by atoms with Gasteiger partial charge in [-0.2, -0.15) is 0 Å². The molecule has 13 heteroatoms. The summed E-state index contributed by atoms with van der Waals surface area (Å²) >= 11 is 0. The average molecular weight is 510 g/mol. The lowest BCUT2D eigenvalue weighted by Gasteiger charge is -2.36. The van der Waals surface area contributed by atoms with E-state index in [-0.39, 0.29) is 65.3 Å². The van der Waals surface area contributed by atoms with Crippen LogP contribution in [-0.2, 0) is 32.4 Å². The van der Waals surface area contributed by atoms with Crippen molar-refractivity contribution < 1.29 is 39.8 Å². The van der Waals surface area contributed by atoms with Crippen LogP contribution >= 0.6 is 0 Å². The molecule has 2 heterocycles. The number of carbonyl (C=O) groups is 3. The third-order valence-electron chi connectivity index (χ3n) is 7.27. The van der Waals surface area contributed by atoms with Crippen molar-refractivity contribution in [3.63, 3.8) is 0 Å². The van der Waals surface area contributed by atoms with Gasteiger partial charge in [-0.1, -0.05) is 6.07 Å². The van der Waals surface area contributed by atoms with Crippen LogP contribution in [0.2, 0.25) is 0 Å². The van der Waals surface area contributed by atoms with Gasteiger partial charge >= 0.3 is 17.9 Å². The average Bonchev–Trinajstić information content (AvgIpc) is 3.55. The SMILES string of the molecule is CC(C(=O)O)N1CCN(C(CCN)C(=O)O)Cc2cccc(n2)CN(C2(C(=O)O)CC2COO)CC1. The summed E-state index contributed by atoms with van der Waals surface area (Å²) in [5.41, 5.74) is 5.63. The van der Waals surface area contributed by atoms with E-state index >= 15 is 0 Å². The number of aliphatic carboxylic acids is 3. The Labute approximate surface area is 209 Å². The highest BCUT2D eigenvalue weighted by molar-refractivity contribution is 5.83. The number of carboxylic acids is 3. The third kappa shape index (κ3) is 6.17. The van der Waals surface area contributed by atoms with E-state index in [0.717, 1.165) is 0 Å². The maximum atomic E-state index is 12.4. The summed E-state index contributed by atoms with van der Waals surface area (Å²) in [7, 11) is 0. The summed E-state index contributed by atoms with van der Waals surface area (Å²) < 4.78 is 0. The van der Waals surface area contributed by atoms with Crippen molar-refractivity contribution in [2.45, 2.75) is 50.5 Å². The quantitative estimate of drug-likeness (QED) is 0.203. The number of carboxylic acid groups (broad SMARTS) is 3. The summed E-state index contributed by atoms with van der Waals surface area (Å²) in [6.07, 6.45) is 0.511. The van der Waals surface area contributed by atoms with Gasteiger partial charge in [0.1, 0.15) is 17.6 Å². The Hall–Kier alpha value is -2.68. The van der Waals surface area contributed by atoms with Crippen LogP contribution in [0, 0.1) is 5.92 Å². The fraction of sp³-hybridized carbons (Fsp3) is 0.652. The van der Waals surface area contributed by atoms with Gasteiger partial charge in [-0.05, 0) is 38.4 Å². The molecule has 0 amide bonds. The monoisotopic (exact) mass is 509 g/mol. The summed E-state index contributed by atoms with van der Waals surface area (Å²) in [5.74, 6) is -3.51. The van der Waals surface area contributed by atoms with Crippen LogP contribution in [0.4, 0.5) is 0 Å². The number of fused-ring (bicyclic) bond motifs is 2. The molecule has 6 N–H and O–H groups in total. The summed E-state index contributed by atoms with van der Waals surface area (Å²) in [5, 5.41) is 38.5.